The van der Waals surface area contributed by atoms with Crippen molar-refractivity contribution < 1.29 is 14.3 Å². The molecule has 2 amide bonds. The maximum atomic E-state index is 12.9. The van der Waals surface area contributed by atoms with Crippen molar-refractivity contribution in [1.29, 1.82) is 0 Å². The molecule has 0 bridgehead atoms. The molecule has 2 aromatic rings. The van der Waals surface area contributed by atoms with Gasteiger partial charge in [-0.15, -0.1) is 10.2 Å². The molecule has 2 fully saturated rings. The van der Waals surface area contributed by atoms with E-state index < -0.39 is 5.60 Å². The number of alkyl carbamates (subject to hydrolysis) is 1. The van der Waals surface area contributed by atoms with E-state index in [1.807, 2.05) is 4.90 Å². The molecule has 0 aromatic carbocycles. The standard InChI is InChI=1S/C16H18N6O3/c23-14(12-2-5-17-13(8-12)22-10-19-20-11-22)21-6-1-3-16(4-7-21)9-18-15(24)25-16/h2,5,8,10-11H,1,3-4,6-7,9H2,(H,18,24). The van der Waals surface area contributed by atoms with Gasteiger partial charge in [-0.25, -0.2) is 9.78 Å². The van der Waals surface area contributed by atoms with Crippen LogP contribution >= 0.6 is 0 Å². The van der Waals surface area contributed by atoms with E-state index >= 15 is 0 Å². The Kier molecular flexibility index (Phi) is 3.83. The smallest absolute Gasteiger partial charge is 0.407 e. The van der Waals surface area contributed by atoms with Crippen LogP contribution in [-0.2, 0) is 4.74 Å². The molecule has 1 unspecified atom stereocenters. The number of aromatic nitrogens is 4. The van der Waals surface area contributed by atoms with Crippen molar-refractivity contribution in [3.05, 3.63) is 36.5 Å². The quantitative estimate of drug-likeness (QED) is 0.865. The summed E-state index contributed by atoms with van der Waals surface area (Å²) < 4.78 is 7.11. The van der Waals surface area contributed by atoms with Crippen LogP contribution < -0.4 is 5.32 Å². The molecule has 2 aromatic heterocycles. The predicted molar refractivity (Wildman–Crippen MR) is 86.1 cm³/mol. The fraction of sp³-hybridized carbons (Fsp3) is 0.438. The maximum absolute atomic E-state index is 12.9. The third kappa shape index (κ3) is 3.04. The number of rotatable bonds is 2. The number of amides is 2. The van der Waals surface area contributed by atoms with Crippen molar-refractivity contribution in [2.75, 3.05) is 19.6 Å². The van der Waals surface area contributed by atoms with Gasteiger partial charge >= 0.3 is 6.09 Å². The molecule has 2 aliphatic rings. The molecule has 0 radical (unpaired) electrons. The molecule has 9 heteroatoms. The van der Waals surface area contributed by atoms with E-state index in [1.54, 1.807) is 22.9 Å². The summed E-state index contributed by atoms with van der Waals surface area (Å²) in [5, 5.41) is 10.2. The van der Waals surface area contributed by atoms with Crippen LogP contribution in [0.2, 0.25) is 0 Å². The number of nitrogens with zero attached hydrogens (tertiary/aromatic N) is 5. The highest BCUT2D eigenvalue weighted by Gasteiger charge is 2.41. The molecule has 2 aliphatic heterocycles. The van der Waals surface area contributed by atoms with Crippen LogP contribution in [0.1, 0.15) is 29.6 Å². The van der Waals surface area contributed by atoms with Crippen molar-refractivity contribution in [3.63, 3.8) is 0 Å². The molecular formula is C16H18N6O3. The normalized spacial score (nSPS) is 23.2. The Hall–Kier alpha value is -2.97. The predicted octanol–water partition coefficient (Wildman–Crippen LogP) is 0.767. The number of likely N-dealkylation sites (tertiary alicyclic amines) is 1. The molecule has 0 aliphatic carbocycles. The van der Waals surface area contributed by atoms with Gasteiger partial charge in [0.05, 0.1) is 6.54 Å². The zero-order valence-electron chi connectivity index (χ0n) is 13.6. The first-order valence-corrected chi connectivity index (χ1v) is 8.22. The average molecular weight is 342 g/mol. The van der Waals surface area contributed by atoms with Gasteiger partial charge in [0.25, 0.3) is 5.91 Å². The zero-order chi connectivity index (χ0) is 17.3. The van der Waals surface area contributed by atoms with Crippen LogP contribution in [0.15, 0.2) is 31.0 Å². The Bertz CT molecular complexity index is 793. The van der Waals surface area contributed by atoms with Crippen molar-refractivity contribution >= 4 is 12.0 Å². The summed E-state index contributed by atoms with van der Waals surface area (Å²) >= 11 is 0. The number of nitrogens with one attached hydrogen (secondary N) is 1. The Morgan fingerprint density at radius 3 is 2.84 bits per heavy atom. The van der Waals surface area contributed by atoms with E-state index in [2.05, 4.69) is 20.5 Å². The van der Waals surface area contributed by atoms with E-state index in [4.69, 9.17) is 4.74 Å². The van der Waals surface area contributed by atoms with E-state index in [9.17, 15) is 9.59 Å². The lowest BCUT2D eigenvalue weighted by molar-refractivity contribution is 0.0438. The molecule has 2 saturated heterocycles. The van der Waals surface area contributed by atoms with Crippen molar-refractivity contribution in [2.45, 2.75) is 24.9 Å². The SMILES string of the molecule is O=C1NCC2(CCCN(C(=O)c3ccnc(-n4cnnc4)c3)CC2)O1. The minimum absolute atomic E-state index is 0.0499. The Morgan fingerprint density at radius 2 is 2.08 bits per heavy atom. The lowest BCUT2D eigenvalue weighted by atomic mass is 9.95. The van der Waals surface area contributed by atoms with Crippen molar-refractivity contribution in [1.82, 2.24) is 30.0 Å². The lowest BCUT2D eigenvalue weighted by Crippen LogP contribution is -2.36. The Morgan fingerprint density at radius 1 is 1.24 bits per heavy atom. The van der Waals surface area contributed by atoms with Gasteiger partial charge in [-0.1, -0.05) is 0 Å². The summed E-state index contributed by atoms with van der Waals surface area (Å²) in [5.74, 6) is 0.544. The fourth-order valence-corrected chi connectivity index (χ4v) is 3.35. The summed E-state index contributed by atoms with van der Waals surface area (Å²) in [4.78, 5) is 30.3. The molecule has 4 heterocycles. The number of carbonyl (C=O) groups is 2. The molecule has 1 N–H and O–H groups in total. The maximum Gasteiger partial charge on any atom is 0.407 e. The molecule has 130 valence electrons. The number of hydrogen-bond donors (Lipinski definition) is 1. The van der Waals surface area contributed by atoms with Crippen LogP contribution in [0.25, 0.3) is 5.82 Å². The van der Waals surface area contributed by atoms with E-state index in [-0.39, 0.29) is 12.0 Å². The lowest BCUT2D eigenvalue weighted by Gasteiger charge is -2.25. The second-order valence-electron chi connectivity index (χ2n) is 6.34. The van der Waals surface area contributed by atoms with Gasteiger partial charge in [0.2, 0.25) is 0 Å². The first kappa shape index (κ1) is 15.6. The van der Waals surface area contributed by atoms with Gasteiger partial charge in [-0.05, 0) is 25.0 Å². The third-order valence-electron chi connectivity index (χ3n) is 4.72. The Labute approximate surface area is 144 Å². The van der Waals surface area contributed by atoms with Crippen LogP contribution in [0.5, 0.6) is 0 Å². The number of hydrogen-bond acceptors (Lipinski definition) is 6. The molecule has 1 spiro atoms. The Balaban J connectivity index is 1.50. The summed E-state index contributed by atoms with van der Waals surface area (Å²) in [6.07, 6.45) is 6.50. The van der Waals surface area contributed by atoms with Gasteiger partial charge in [0.15, 0.2) is 0 Å². The molecule has 9 nitrogen and oxygen atoms in total. The first-order valence-electron chi connectivity index (χ1n) is 8.22. The van der Waals surface area contributed by atoms with Crippen molar-refractivity contribution in [2.24, 2.45) is 0 Å². The summed E-state index contributed by atoms with van der Waals surface area (Å²) in [5.41, 5.74) is 0.0917. The third-order valence-corrected chi connectivity index (χ3v) is 4.72. The molecule has 1 atom stereocenters. The number of pyridine rings is 1. The van der Waals surface area contributed by atoms with Crippen LogP contribution in [-0.4, -0.2) is 61.9 Å². The molecular weight excluding hydrogens is 324 g/mol. The van der Waals surface area contributed by atoms with Gasteiger partial charge in [-0.3, -0.25) is 9.36 Å². The minimum Gasteiger partial charge on any atom is -0.441 e. The highest BCUT2D eigenvalue weighted by atomic mass is 16.6. The summed E-state index contributed by atoms with van der Waals surface area (Å²) in [7, 11) is 0. The second kappa shape index (κ2) is 6.15. The first-order chi connectivity index (χ1) is 12.2. The topological polar surface area (TPSA) is 102 Å². The van der Waals surface area contributed by atoms with E-state index in [1.165, 1.54) is 12.7 Å². The second-order valence-corrected chi connectivity index (χ2v) is 6.34. The van der Waals surface area contributed by atoms with Crippen LogP contribution in [0, 0.1) is 0 Å². The van der Waals surface area contributed by atoms with E-state index in [0.29, 0.717) is 37.4 Å². The number of ether oxygens (including phenoxy) is 1. The highest BCUT2D eigenvalue weighted by molar-refractivity contribution is 5.94. The van der Waals surface area contributed by atoms with Gasteiger partial charge in [-0.2, -0.15) is 0 Å². The number of carbonyl (C=O) groups excluding carboxylic acids is 2. The fourth-order valence-electron chi connectivity index (χ4n) is 3.35. The minimum atomic E-state index is -0.474. The monoisotopic (exact) mass is 342 g/mol. The summed E-state index contributed by atoms with van der Waals surface area (Å²) in [6, 6.07) is 3.43. The van der Waals surface area contributed by atoms with Crippen LogP contribution in [0.4, 0.5) is 4.79 Å². The van der Waals surface area contributed by atoms with Gasteiger partial charge in [0.1, 0.15) is 24.1 Å². The van der Waals surface area contributed by atoms with Crippen molar-refractivity contribution in [3.8, 4) is 5.82 Å². The molecule has 25 heavy (non-hydrogen) atoms. The van der Waals surface area contributed by atoms with Gasteiger partial charge in [0, 0.05) is 31.3 Å². The van der Waals surface area contributed by atoms with Crippen LogP contribution in [0.3, 0.4) is 0 Å². The van der Waals surface area contributed by atoms with Gasteiger partial charge < -0.3 is 15.0 Å². The largest absolute Gasteiger partial charge is 0.441 e. The van der Waals surface area contributed by atoms with E-state index in [0.717, 1.165) is 12.8 Å². The zero-order valence-corrected chi connectivity index (χ0v) is 13.6. The highest BCUT2D eigenvalue weighted by Crippen LogP contribution is 2.29. The molecule has 4 rings (SSSR count). The molecule has 0 saturated carbocycles. The summed E-state index contributed by atoms with van der Waals surface area (Å²) in [6.45, 7) is 1.71. The average Bonchev–Trinajstić information content (AvgIpc) is 3.23.